The van der Waals surface area contributed by atoms with Gasteiger partial charge in [0.2, 0.25) is 11.8 Å². The van der Waals surface area contributed by atoms with E-state index in [2.05, 4.69) is 50.2 Å². The molecule has 0 radical (unpaired) electrons. The number of aromatic amines is 1. The van der Waals surface area contributed by atoms with Crippen LogP contribution in [-0.2, 0) is 16.0 Å². The lowest BCUT2D eigenvalue weighted by Crippen LogP contribution is -2.48. The van der Waals surface area contributed by atoms with Gasteiger partial charge in [0, 0.05) is 47.6 Å². The summed E-state index contributed by atoms with van der Waals surface area (Å²) in [6.07, 6.45) is 6.11. The van der Waals surface area contributed by atoms with Crippen molar-refractivity contribution < 1.29 is 24.3 Å². The number of anilines is 1. The topological polar surface area (TPSA) is 169 Å². The van der Waals surface area contributed by atoms with Crippen LogP contribution in [0.1, 0.15) is 86.7 Å². The van der Waals surface area contributed by atoms with Gasteiger partial charge in [0.15, 0.2) is 5.15 Å². The fourth-order valence-corrected chi connectivity index (χ4v) is 8.64. The van der Waals surface area contributed by atoms with E-state index in [9.17, 15) is 19.2 Å². The van der Waals surface area contributed by atoms with Gasteiger partial charge in [0.1, 0.15) is 6.04 Å². The molecule has 0 unspecified atom stereocenters. The van der Waals surface area contributed by atoms with E-state index in [0.717, 1.165) is 79.3 Å². The van der Waals surface area contributed by atoms with Crippen molar-refractivity contribution in [3.63, 3.8) is 0 Å². The highest BCUT2D eigenvalue weighted by Crippen LogP contribution is 2.30. The Morgan fingerprint density at radius 3 is 2.29 bits per heavy atom. The van der Waals surface area contributed by atoms with Gasteiger partial charge in [-0.25, -0.2) is 4.79 Å². The van der Waals surface area contributed by atoms with Gasteiger partial charge in [-0.05, 0) is 130 Å². The molecule has 6 rings (SSSR count). The molecule has 1 atom stereocenters. The van der Waals surface area contributed by atoms with Crippen molar-refractivity contribution in [2.45, 2.75) is 96.7 Å². The first-order chi connectivity index (χ1) is 27.0. The molecule has 0 spiro atoms. The minimum atomic E-state index is -1.05. The molecule has 2 aliphatic rings. The smallest absolute Gasteiger partial charge is 0.404 e. The van der Waals surface area contributed by atoms with Crippen LogP contribution in [0.4, 0.5) is 10.5 Å². The van der Waals surface area contributed by atoms with E-state index < -0.39 is 12.1 Å². The number of aryl methyl sites for hydroxylation is 1. The van der Waals surface area contributed by atoms with Crippen LogP contribution in [0.2, 0.25) is 5.15 Å². The third kappa shape index (κ3) is 10.3. The number of halogens is 1. The van der Waals surface area contributed by atoms with Crippen LogP contribution in [0.15, 0.2) is 60.7 Å². The number of H-pyrrole nitrogens is 1. The number of aromatic nitrogens is 2. The largest absolute Gasteiger partial charge is 0.465 e. The predicted molar refractivity (Wildman–Crippen MR) is 220 cm³/mol. The number of nitrogens with one attached hydrogen (secondary N) is 5. The molecule has 12 nitrogen and oxygen atoms in total. The lowest BCUT2D eigenvalue weighted by molar-refractivity contribution is -0.130. The normalized spacial score (nSPS) is 20.3. The summed E-state index contributed by atoms with van der Waals surface area (Å²) in [6, 6.07) is 19.0. The van der Waals surface area contributed by atoms with E-state index in [1.165, 1.54) is 0 Å². The van der Waals surface area contributed by atoms with Crippen LogP contribution < -0.4 is 21.3 Å². The number of carbonyl (C=O) groups is 4. The monoisotopic (exact) mass is 783 g/mol. The van der Waals surface area contributed by atoms with Crippen LogP contribution >= 0.6 is 11.6 Å². The molecule has 0 saturated heterocycles. The van der Waals surface area contributed by atoms with Crippen LogP contribution in [0.25, 0.3) is 22.0 Å². The zero-order chi connectivity index (χ0) is 39.8. The van der Waals surface area contributed by atoms with Crippen LogP contribution in [0.5, 0.6) is 0 Å². The minimum absolute atomic E-state index is 0.0378. The lowest BCUT2D eigenvalue weighted by Gasteiger charge is -2.36. The first kappa shape index (κ1) is 40.7. The van der Waals surface area contributed by atoms with E-state index in [4.69, 9.17) is 16.7 Å². The van der Waals surface area contributed by atoms with Gasteiger partial charge in [-0.3, -0.25) is 19.5 Å². The summed E-state index contributed by atoms with van der Waals surface area (Å²) in [7, 11) is 0. The van der Waals surface area contributed by atoms with E-state index in [-0.39, 0.29) is 42.0 Å². The Balaban J connectivity index is 1.10. The molecule has 0 aliphatic heterocycles. The zero-order valence-electron chi connectivity index (χ0n) is 32.5. The number of fused-ring (bicyclic) bond motifs is 1. The summed E-state index contributed by atoms with van der Waals surface area (Å²) in [5.74, 6) is -0.659. The van der Waals surface area contributed by atoms with Crippen molar-refractivity contribution in [3.8, 4) is 11.1 Å². The molecule has 298 valence electrons. The van der Waals surface area contributed by atoms with E-state index in [1.807, 2.05) is 49.4 Å². The molecule has 13 heteroatoms. The Labute approximate surface area is 333 Å². The maximum absolute atomic E-state index is 13.8. The summed E-state index contributed by atoms with van der Waals surface area (Å²) in [4.78, 5) is 54.1. The first-order valence-electron chi connectivity index (χ1n) is 20.0. The quantitative estimate of drug-likeness (QED) is 0.0779. The van der Waals surface area contributed by atoms with Gasteiger partial charge in [0.05, 0.1) is 5.52 Å². The summed E-state index contributed by atoms with van der Waals surface area (Å²) < 4.78 is 0. The molecule has 3 aromatic carbocycles. The summed E-state index contributed by atoms with van der Waals surface area (Å²) in [6.45, 7) is 8.92. The van der Waals surface area contributed by atoms with Gasteiger partial charge < -0.3 is 31.3 Å². The standard InChI is InChI=1S/C43H54ClN7O5/c1-4-51(5-2)34-18-15-32(16-19-34)46-41(53)31-14-20-35(26(3)22-31)29-10-6-27(7-11-29)23-38(42(54)47-33-17-21-36-37(24-33)49-50-39(36)44)48-40(52)30-12-8-28(9-13-30)25-45-43(55)56/h6-7,10-11,14,17,20-22,24,28,30,32,34,38,45H,4-5,8-9,12-13,15-16,18-19,23,25H2,1-3H3,(H,46,53)(H,47,54)(H,48,52)(H,49,50)(H,55,56)/t28?,30?,32-,34-,38-/m0/s1. The Hall–Kier alpha value is -4.94. The third-order valence-electron chi connectivity index (χ3n) is 11.7. The molecule has 2 fully saturated rings. The fraction of sp³-hybridized carbons (Fsp3) is 0.465. The van der Waals surface area contributed by atoms with Crippen molar-refractivity contribution in [3.05, 3.63) is 82.5 Å². The average Bonchev–Trinajstić information content (AvgIpc) is 3.57. The molecule has 1 heterocycles. The summed E-state index contributed by atoms with van der Waals surface area (Å²) in [5.41, 5.74) is 5.73. The number of hydrogen-bond acceptors (Lipinski definition) is 6. The van der Waals surface area contributed by atoms with E-state index in [0.29, 0.717) is 47.3 Å². The van der Waals surface area contributed by atoms with Crippen molar-refractivity contribution in [1.82, 2.24) is 31.0 Å². The van der Waals surface area contributed by atoms with Crippen molar-refractivity contribution in [1.29, 1.82) is 0 Å². The highest BCUT2D eigenvalue weighted by molar-refractivity contribution is 6.34. The Morgan fingerprint density at radius 1 is 0.911 bits per heavy atom. The first-order valence-corrected chi connectivity index (χ1v) is 20.4. The van der Waals surface area contributed by atoms with E-state index in [1.54, 1.807) is 18.2 Å². The zero-order valence-corrected chi connectivity index (χ0v) is 33.3. The predicted octanol–water partition coefficient (Wildman–Crippen LogP) is 7.31. The molecular weight excluding hydrogens is 730 g/mol. The number of benzene rings is 3. The third-order valence-corrected chi connectivity index (χ3v) is 12.0. The SMILES string of the molecule is CCN(CC)[C@H]1CC[C@H](NC(=O)c2ccc(-c3ccc(C[C@H](NC(=O)C4CCC(CNC(=O)O)CC4)C(=O)Nc4ccc5c(Cl)n[nH]c5c4)cc3)c(C)c2)CC1. The molecule has 6 N–H and O–H groups in total. The molecule has 0 bridgehead atoms. The Bertz CT molecular complexity index is 2000. The molecule has 4 aromatic rings. The number of hydrogen-bond donors (Lipinski definition) is 6. The van der Waals surface area contributed by atoms with Gasteiger partial charge in [-0.1, -0.05) is 55.8 Å². The highest BCUT2D eigenvalue weighted by Gasteiger charge is 2.30. The van der Waals surface area contributed by atoms with Gasteiger partial charge in [-0.2, -0.15) is 5.10 Å². The number of nitrogens with zero attached hydrogens (tertiary/aromatic N) is 2. The molecule has 4 amide bonds. The number of carbonyl (C=O) groups excluding carboxylic acids is 3. The molecule has 2 aliphatic carbocycles. The number of rotatable bonds is 14. The maximum Gasteiger partial charge on any atom is 0.404 e. The second kappa shape index (κ2) is 18.8. The Morgan fingerprint density at radius 2 is 1.62 bits per heavy atom. The van der Waals surface area contributed by atoms with Crippen molar-refractivity contribution in [2.75, 3.05) is 25.0 Å². The van der Waals surface area contributed by atoms with Crippen LogP contribution in [0, 0.1) is 18.8 Å². The maximum atomic E-state index is 13.8. The van der Waals surface area contributed by atoms with Crippen LogP contribution in [0.3, 0.4) is 0 Å². The average molecular weight is 784 g/mol. The van der Waals surface area contributed by atoms with Crippen molar-refractivity contribution >= 4 is 52.0 Å². The van der Waals surface area contributed by atoms with Crippen molar-refractivity contribution in [2.24, 2.45) is 11.8 Å². The van der Waals surface area contributed by atoms with Crippen LogP contribution in [-0.4, -0.2) is 81.8 Å². The fourth-order valence-electron chi connectivity index (χ4n) is 8.43. The Kier molecular flexibility index (Phi) is 13.7. The second-order valence-corrected chi connectivity index (χ2v) is 15.7. The molecule has 56 heavy (non-hydrogen) atoms. The number of carboxylic acid groups (broad SMARTS) is 1. The number of amides is 4. The highest BCUT2D eigenvalue weighted by atomic mass is 35.5. The summed E-state index contributed by atoms with van der Waals surface area (Å²) >= 11 is 6.15. The summed E-state index contributed by atoms with van der Waals surface area (Å²) in [5, 5.41) is 28.6. The second-order valence-electron chi connectivity index (χ2n) is 15.4. The van der Waals surface area contributed by atoms with Gasteiger partial charge >= 0.3 is 6.09 Å². The lowest BCUT2D eigenvalue weighted by atomic mass is 9.81. The van der Waals surface area contributed by atoms with Gasteiger partial charge in [0.25, 0.3) is 5.91 Å². The molecule has 2 saturated carbocycles. The van der Waals surface area contributed by atoms with Gasteiger partial charge in [-0.15, -0.1) is 0 Å². The molecule has 1 aromatic heterocycles. The molecular formula is C43H54ClN7O5. The minimum Gasteiger partial charge on any atom is -0.465 e. The van der Waals surface area contributed by atoms with E-state index >= 15 is 0 Å².